The zero-order chi connectivity index (χ0) is 30.2. The molecule has 0 spiro atoms. The molecule has 218 valence electrons. The van der Waals surface area contributed by atoms with Gasteiger partial charge in [0.25, 0.3) is 17.6 Å². The van der Waals surface area contributed by atoms with Gasteiger partial charge in [0.2, 0.25) is 0 Å². The van der Waals surface area contributed by atoms with Crippen molar-refractivity contribution < 1.29 is 36.7 Å². The number of aromatic nitrogens is 4. The van der Waals surface area contributed by atoms with Gasteiger partial charge in [-0.1, -0.05) is 25.1 Å². The number of amides is 2. The molecule has 14 heteroatoms. The predicted octanol–water partition coefficient (Wildman–Crippen LogP) is 4.41. The molecule has 0 saturated carbocycles. The summed E-state index contributed by atoms with van der Waals surface area (Å²) in [5.41, 5.74) is 3.41. The number of alkyl halides is 3. The van der Waals surface area contributed by atoms with E-state index in [1.54, 1.807) is 13.0 Å². The van der Waals surface area contributed by atoms with Crippen LogP contribution in [0.15, 0.2) is 42.7 Å². The lowest BCUT2D eigenvalue weighted by Gasteiger charge is -2.16. The normalized spacial score (nSPS) is 14.5. The van der Waals surface area contributed by atoms with Crippen LogP contribution >= 0.6 is 0 Å². The van der Waals surface area contributed by atoms with Crippen LogP contribution < -0.4 is 15.4 Å². The van der Waals surface area contributed by atoms with E-state index in [0.717, 1.165) is 28.8 Å². The first-order valence-electron chi connectivity index (χ1n) is 12.9. The van der Waals surface area contributed by atoms with Crippen molar-refractivity contribution in [2.45, 2.75) is 52.1 Å². The van der Waals surface area contributed by atoms with Crippen molar-refractivity contribution in [3.63, 3.8) is 0 Å². The van der Waals surface area contributed by atoms with Crippen molar-refractivity contribution in [1.29, 1.82) is 0 Å². The number of ether oxygens (including phenoxy) is 1. The molecule has 2 heterocycles. The molecule has 0 saturated heterocycles. The molecule has 0 aliphatic heterocycles. The Morgan fingerprint density at radius 1 is 1.12 bits per heavy atom. The third-order valence-electron chi connectivity index (χ3n) is 7.01. The molecular formula is C28H24F4N6O4. The summed E-state index contributed by atoms with van der Waals surface area (Å²) in [6, 6.07) is 7.30. The number of halogens is 4. The van der Waals surface area contributed by atoms with Gasteiger partial charge in [-0.25, -0.2) is 9.37 Å². The lowest BCUT2D eigenvalue weighted by molar-refractivity contribution is -0.275. The minimum Gasteiger partial charge on any atom is -0.403 e. The monoisotopic (exact) mass is 584 g/mol. The molecule has 2 N–H and O–H groups in total. The molecule has 0 fully saturated rings. The van der Waals surface area contributed by atoms with E-state index in [1.807, 2.05) is 13.0 Å². The molecular weight excluding hydrogens is 560 g/mol. The summed E-state index contributed by atoms with van der Waals surface area (Å²) in [5.74, 6) is -3.53. The Bertz CT molecular complexity index is 1720. The fourth-order valence-electron chi connectivity index (χ4n) is 4.98. The first kappa shape index (κ1) is 28.6. The molecule has 0 unspecified atom stereocenters. The fraction of sp³-hybridized carbons (Fsp3) is 0.286. The van der Waals surface area contributed by atoms with Gasteiger partial charge < -0.3 is 15.4 Å². The standard InChI is InChI=1S/C28H24F4N6O4/c1-3-23(39)17-5-6-18-16(14(17)2)7-9-20(18)36-26(41)22-11-21(37-27-34-13-35-38(22)27)25(40)33-12-15-4-8-19(29)24(10-15)42-28(30,31)32/h4-6,8,10-11,13,20H,3,7,9,12H2,1-2H3,(H,33,40)(H,36,41)/t20-/m0/s1. The zero-order valence-electron chi connectivity index (χ0n) is 22.4. The number of carbonyl (C=O) groups is 3. The van der Waals surface area contributed by atoms with Gasteiger partial charge in [-0.3, -0.25) is 14.4 Å². The number of rotatable bonds is 8. The maximum absolute atomic E-state index is 13.7. The first-order valence-corrected chi connectivity index (χ1v) is 12.9. The number of Topliss-reactive ketones (excluding diaryl/α,β-unsaturated/α-hetero) is 1. The highest BCUT2D eigenvalue weighted by molar-refractivity contribution is 5.99. The van der Waals surface area contributed by atoms with Gasteiger partial charge in [0.15, 0.2) is 17.3 Å². The van der Waals surface area contributed by atoms with Gasteiger partial charge in [0.05, 0.1) is 6.04 Å². The summed E-state index contributed by atoms with van der Waals surface area (Å²) in [5, 5.41) is 9.47. The van der Waals surface area contributed by atoms with Crippen LogP contribution in [0.3, 0.4) is 0 Å². The molecule has 0 bridgehead atoms. The van der Waals surface area contributed by atoms with E-state index >= 15 is 0 Å². The zero-order valence-corrected chi connectivity index (χ0v) is 22.4. The maximum Gasteiger partial charge on any atom is 0.573 e. The lowest BCUT2D eigenvalue weighted by atomic mass is 9.95. The Morgan fingerprint density at radius 2 is 1.90 bits per heavy atom. The third kappa shape index (κ3) is 5.78. The molecule has 1 atom stereocenters. The topological polar surface area (TPSA) is 128 Å². The van der Waals surface area contributed by atoms with Crippen molar-refractivity contribution in [3.05, 3.63) is 87.7 Å². The highest BCUT2D eigenvalue weighted by Gasteiger charge is 2.32. The minimum absolute atomic E-state index is 0.0201. The highest BCUT2D eigenvalue weighted by Crippen LogP contribution is 2.35. The Morgan fingerprint density at radius 3 is 2.64 bits per heavy atom. The number of hydrogen-bond donors (Lipinski definition) is 2. The Hall–Kier alpha value is -4.88. The van der Waals surface area contributed by atoms with E-state index < -0.39 is 29.7 Å². The molecule has 0 radical (unpaired) electrons. The molecule has 2 aromatic carbocycles. The van der Waals surface area contributed by atoms with Crippen molar-refractivity contribution in [2.24, 2.45) is 0 Å². The fourth-order valence-corrected chi connectivity index (χ4v) is 4.98. The first-order chi connectivity index (χ1) is 19.9. The van der Waals surface area contributed by atoms with Crippen molar-refractivity contribution in [3.8, 4) is 5.75 Å². The average Bonchev–Trinajstić information content (AvgIpc) is 3.59. The number of fused-ring (bicyclic) bond motifs is 2. The summed E-state index contributed by atoms with van der Waals surface area (Å²) in [4.78, 5) is 46.7. The molecule has 2 aromatic heterocycles. The Kier molecular flexibility index (Phi) is 7.63. The van der Waals surface area contributed by atoms with Crippen molar-refractivity contribution >= 4 is 23.4 Å². The second-order valence-corrected chi connectivity index (χ2v) is 9.64. The van der Waals surface area contributed by atoms with Crippen LogP contribution in [-0.2, 0) is 13.0 Å². The maximum atomic E-state index is 13.7. The molecule has 2 amide bonds. The lowest BCUT2D eigenvalue weighted by Crippen LogP contribution is -2.30. The molecule has 10 nitrogen and oxygen atoms in total. The van der Waals surface area contributed by atoms with Crippen molar-refractivity contribution in [1.82, 2.24) is 30.2 Å². The molecule has 1 aliphatic rings. The van der Waals surface area contributed by atoms with Gasteiger partial charge in [0.1, 0.15) is 17.7 Å². The second kappa shape index (κ2) is 11.2. The third-order valence-corrected chi connectivity index (χ3v) is 7.01. The summed E-state index contributed by atoms with van der Waals surface area (Å²) in [6.45, 7) is 3.42. The van der Waals surface area contributed by atoms with Gasteiger partial charge in [0, 0.05) is 24.6 Å². The van der Waals surface area contributed by atoms with Crippen LogP contribution in [0.2, 0.25) is 0 Å². The Labute approximate surface area is 236 Å². The van der Waals surface area contributed by atoms with E-state index in [4.69, 9.17) is 0 Å². The van der Waals surface area contributed by atoms with E-state index in [-0.39, 0.29) is 41.1 Å². The van der Waals surface area contributed by atoms with Crippen LogP contribution in [-0.4, -0.2) is 43.5 Å². The Balaban J connectivity index is 1.34. The quantitative estimate of drug-likeness (QED) is 0.232. The summed E-state index contributed by atoms with van der Waals surface area (Å²) in [6.07, 6.45) is -2.24. The number of carbonyl (C=O) groups excluding carboxylic acids is 3. The minimum atomic E-state index is -5.09. The van der Waals surface area contributed by atoms with E-state index in [0.29, 0.717) is 24.8 Å². The molecule has 5 rings (SSSR count). The van der Waals surface area contributed by atoms with Crippen LogP contribution in [0.5, 0.6) is 5.75 Å². The van der Waals surface area contributed by atoms with E-state index in [2.05, 4.69) is 30.4 Å². The number of hydrogen-bond acceptors (Lipinski definition) is 7. The smallest absolute Gasteiger partial charge is 0.403 e. The second-order valence-electron chi connectivity index (χ2n) is 9.64. The largest absolute Gasteiger partial charge is 0.573 e. The van der Waals surface area contributed by atoms with E-state index in [1.165, 1.54) is 23.0 Å². The van der Waals surface area contributed by atoms with Gasteiger partial charge in [-0.2, -0.15) is 14.6 Å². The van der Waals surface area contributed by atoms with Gasteiger partial charge in [-0.15, -0.1) is 13.2 Å². The highest BCUT2D eigenvalue weighted by atomic mass is 19.4. The summed E-state index contributed by atoms with van der Waals surface area (Å²) < 4.78 is 56.2. The number of ketones is 1. The van der Waals surface area contributed by atoms with Crippen LogP contribution in [0, 0.1) is 12.7 Å². The number of nitrogens with one attached hydrogen (secondary N) is 2. The summed E-state index contributed by atoms with van der Waals surface area (Å²) >= 11 is 0. The number of nitrogens with zero attached hydrogens (tertiary/aromatic N) is 4. The van der Waals surface area contributed by atoms with Gasteiger partial charge in [-0.05, 0) is 54.2 Å². The predicted molar refractivity (Wildman–Crippen MR) is 139 cm³/mol. The van der Waals surface area contributed by atoms with Crippen LogP contribution in [0.4, 0.5) is 17.6 Å². The van der Waals surface area contributed by atoms with Crippen LogP contribution in [0.1, 0.15) is 79.4 Å². The molecule has 1 aliphatic carbocycles. The van der Waals surface area contributed by atoms with Crippen LogP contribution in [0.25, 0.3) is 5.78 Å². The SMILES string of the molecule is CCC(=O)c1ccc2c(c1C)CC[C@@H]2NC(=O)c1cc(C(=O)NCc2ccc(F)c(OC(F)(F)F)c2)nc2ncnn12. The van der Waals surface area contributed by atoms with E-state index in [9.17, 15) is 31.9 Å². The van der Waals surface area contributed by atoms with Crippen molar-refractivity contribution in [2.75, 3.05) is 0 Å². The van der Waals surface area contributed by atoms with Gasteiger partial charge >= 0.3 is 6.36 Å². The average molecular weight is 585 g/mol. The molecule has 42 heavy (non-hydrogen) atoms. The molecule has 4 aromatic rings. The number of benzene rings is 2. The summed E-state index contributed by atoms with van der Waals surface area (Å²) in [7, 11) is 0.